The van der Waals surface area contributed by atoms with Gasteiger partial charge in [-0.2, -0.15) is 9.28 Å². The monoisotopic (exact) mass is 346 g/mol. The van der Waals surface area contributed by atoms with E-state index in [0.29, 0.717) is 43.0 Å². The van der Waals surface area contributed by atoms with Crippen LogP contribution in [0.15, 0.2) is 28.9 Å². The fourth-order valence-electron chi connectivity index (χ4n) is 3.17. The van der Waals surface area contributed by atoms with Gasteiger partial charge in [0.2, 0.25) is 5.91 Å². The molecule has 25 heavy (non-hydrogen) atoms. The first-order valence-corrected chi connectivity index (χ1v) is 8.36. The molecular weight excluding hydrogens is 322 g/mol. The van der Waals surface area contributed by atoms with E-state index in [1.54, 1.807) is 24.5 Å². The molecule has 1 aromatic heterocycles. The fraction of sp³-hybridized carbons (Fsp3) is 0.444. The number of nitrogens with zero attached hydrogens (tertiary/aromatic N) is 1. The van der Waals surface area contributed by atoms with Crippen molar-refractivity contribution in [2.45, 2.75) is 26.4 Å². The summed E-state index contributed by atoms with van der Waals surface area (Å²) in [5, 5.41) is 4.00. The molecule has 2 amide bonds. The Hall–Kier alpha value is -2.38. The second kappa shape index (κ2) is 6.16. The Bertz CT molecular complexity index is 813. The fourth-order valence-corrected chi connectivity index (χ4v) is 3.17. The molecule has 1 fully saturated rings. The second-order valence-electron chi connectivity index (χ2n) is 7.34. The Balaban J connectivity index is 2.20. The summed E-state index contributed by atoms with van der Waals surface area (Å²) in [6, 6.07) is 5.10. The van der Waals surface area contributed by atoms with E-state index in [1.165, 1.54) is 0 Å². The first-order valence-electron chi connectivity index (χ1n) is 8.36. The maximum Gasteiger partial charge on any atom is 0.521 e. The van der Waals surface area contributed by atoms with Gasteiger partial charge in [-0.3, -0.25) is 4.79 Å². The summed E-state index contributed by atoms with van der Waals surface area (Å²) in [5.41, 5.74) is 6.42. The Morgan fingerprint density at radius 1 is 1.24 bits per heavy atom. The zero-order chi connectivity index (χ0) is 18.2. The van der Waals surface area contributed by atoms with Crippen molar-refractivity contribution in [2.75, 3.05) is 26.2 Å². The molecule has 0 radical (unpaired) electrons. The van der Waals surface area contributed by atoms with Crippen molar-refractivity contribution in [3.8, 4) is 0 Å². The second-order valence-corrected chi connectivity index (χ2v) is 7.34. The number of ether oxygens (including phenoxy) is 1. The molecule has 1 aliphatic rings. The van der Waals surface area contributed by atoms with Gasteiger partial charge >= 0.3 is 6.09 Å². The summed E-state index contributed by atoms with van der Waals surface area (Å²) < 4.78 is 11.3. The lowest BCUT2D eigenvalue weighted by Gasteiger charge is -2.38. The number of carbonyl (C=O) groups is 2. The van der Waals surface area contributed by atoms with E-state index < -0.39 is 11.5 Å². The Morgan fingerprint density at radius 2 is 1.92 bits per heavy atom. The van der Waals surface area contributed by atoms with E-state index in [-0.39, 0.29) is 10.6 Å². The largest absolute Gasteiger partial charge is 0.521 e. The molecule has 3 rings (SSSR count). The summed E-state index contributed by atoms with van der Waals surface area (Å²) >= 11 is 0. The topological polar surface area (TPSA) is 94.6 Å². The third kappa shape index (κ3) is 3.25. The molecule has 0 spiro atoms. The Labute approximate surface area is 146 Å². The van der Waals surface area contributed by atoms with E-state index in [1.807, 2.05) is 20.8 Å². The molecule has 2 heterocycles. The number of quaternary nitrogens is 1. The van der Waals surface area contributed by atoms with Crippen LogP contribution in [0.1, 0.15) is 31.1 Å². The summed E-state index contributed by atoms with van der Waals surface area (Å²) in [5.74, 6) is -0.540. The van der Waals surface area contributed by atoms with Gasteiger partial charge in [-0.15, -0.1) is 0 Å². The molecular formula is C18H24N3O4+. The number of hydrogen-bond donors (Lipinski definition) is 2. The van der Waals surface area contributed by atoms with Crippen LogP contribution in [0.5, 0.6) is 0 Å². The van der Waals surface area contributed by atoms with Crippen LogP contribution in [0.25, 0.3) is 11.0 Å². The lowest BCUT2D eigenvalue weighted by atomic mass is 10.1. The van der Waals surface area contributed by atoms with Crippen LogP contribution in [0.3, 0.4) is 0 Å². The number of nitrogens with one attached hydrogen (secondary N) is 1. The van der Waals surface area contributed by atoms with E-state index >= 15 is 0 Å². The first kappa shape index (κ1) is 17.4. The van der Waals surface area contributed by atoms with Crippen molar-refractivity contribution >= 4 is 28.7 Å². The van der Waals surface area contributed by atoms with Crippen molar-refractivity contribution in [2.24, 2.45) is 5.73 Å². The predicted octanol–water partition coefficient (Wildman–Crippen LogP) is 2.38. The van der Waals surface area contributed by atoms with Gasteiger partial charge in [0, 0.05) is 30.1 Å². The normalized spacial score (nSPS) is 17.4. The van der Waals surface area contributed by atoms with Crippen LogP contribution < -0.4 is 15.5 Å². The van der Waals surface area contributed by atoms with Crippen molar-refractivity contribution in [1.82, 2.24) is 9.80 Å². The highest BCUT2D eigenvalue weighted by atomic mass is 16.6. The van der Waals surface area contributed by atoms with Crippen LogP contribution in [-0.4, -0.2) is 43.8 Å². The number of piperazine rings is 1. The number of furan rings is 1. The lowest BCUT2D eigenvalue weighted by molar-refractivity contribution is 0.0241. The number of nitrogens with two attached hydrogens (primary N) is 1. The molecule has 0 atom stereocenters. The first-order chi connectivity index (χ1) is 11.7. The standard InChI is InChI=1S/C18H23N3O4/c1-18(2,3)25-17(23)21(7-5-20-6-8-21)14-11-13(16(19)22)10-12-4-9-24-15(12)14/h4,9-11,20H,5-8H2,1-3H3,(H-,19,22)/p+1. The number of benzene rings is 1. The maximum absolute atomic E-state index is 13.1. The molecule has 1 aromatic carbocycles. The predicted molar refractivity (Wildman–Crippen MR) is 95.4 cm³/mol. The molecule has 7 heteroatoms. The highest BCUT2D eigenvalue weighted by Gasteiger charge is 2.46. The van der Waals surface area contributed by atoms with Crippen molar-refractivity contribution in [3.63, 3.8) is 0 Å². The molecule has 0 aliphatic carbocycles. The summed E-state index contributed by atoms with van der Waals surface area (Å²) in [4.78, 5) is 24.9. The third-order valence-corrected chi connectivity index (χ3v) is 4.36. The molecule has 3 N–H and O–H groups in total. The zero-order valence-electron chi connectivity index (χ0n) is 14.8. The van der Waals surface area contributed by atoms with E-state index in [2.05, 4.69) is 5.32 Å². The quantitative estimate of drug-likeness (QED) is 0.814. The summed E-state index contributed by atoms with van der Waals surface area (Å²) in [7, 11) is 0. The average molecular weight is 346 g/mol. The van der Waals surface area contributed by atoms with Gasteiger partial charge in [0.05, 0.1) is 6.26 Å². The van der Waals surface area contributed by atoms with Gasteiger partial charge in [0.1, 0.15) is 18.7 Å². The van der Waals surface area contributed by atoms with E-state index in [0.717, 1.165) is 5.39 Å². The summed E-state index contributed by atoms with van der Waals surface area (Å²) in [6.07, 6.45) is 1.19. The van der Waals surface area contributed by atoms with Crippen LogP contribution in [0.4, 0.5) is 10.5 Å². The van der Waals surface area contributed by atoms with Crippen molar-refractivity contribution < 1.29 is 18.7 Å². The van der Waals surface area contributed by atoms with Gasteiger partial charge in [-0.05, 0) is 32.9 Å². The molecule has 134 valence electrons. The minimum atomic E-state index is -0.614. The van der Waals surface area contributed by atoms with Crippen LogP contribution in [0.2, 0.25) is 0 Å². The van der Waals surface area contributed by atoms with E-state index in [9.17, 15) is 9.59 Å². The number of carbonyl (C=O) groups excluding carboxylic acids is 2. The van der Waals surface area contributed by atoms with Crippen LogP contribution in [-0.2, 0) is 4.74 Å². The van der Waals surface area contributed by atoms with Crippen molar-refractivity contribution in [1.29, 1.82) is 0 Å². The smallest absolute Gasteiger partial charge is 0.458 e. The lowest BCUT2D eigenvalue weighted by Crippen LogP contribution is -2.64. The van der Waals surface area contributed by atoms with E-state index in [4.69, 9.17) is 14.9 Å². The van der Waals surface area contributed by atoms with Gasteiger partial charge in [-0.1, -0.05) is 0 Å². The molecule has 0 saturated carbocycles. The highest BCUT2D eigenvalue weighted by Crippen LogP contribution is 2.36. The van der Waals surface area contributed by atoms with Gasteiger partial charge < -0.3 is 20.2 Å². The minimum absolute atomic E-state index is 0.0323. The van der Waals surface area contributed by atoms with Gasteiger partial charge in [0.15, 0.2) is 11.3 Å². The SMILES string of the molecule is CC(C)(C)OC(=O)[N+]1(c2cc(C(N)=O)cc3ccoc23)CCNCC1. The maximum atomic E-state index is 13.1. The third-order valence-electron chi connectivity index (χ3n) is 4.36. The Morgan fingerprint density at radius 3 is 2.52 bits per heavy atom. The van der Waals surface area contributed by atoms with Gasteiger partial charge in [0.25, 0.3) is 0 Å². The molecule has 7 nitrogen and oxygen atoms in total. The van der Waals surface area contributed by atoms with Crippen molar-refractivity contribution in [3.05, 3.63) is 30.0 Å². The molecule has 1 saturated heterocycles. The zero-order valence-corrected chi connectivity index (χ0v) is 14.8. The number of primary amides is 1. The van der Waals surface area contributed by atoms with Gasteiger partial charge in [-0.25, -0.2) is 0 Å². The molecule has 0 unspecified atom stereocenters. The Kier molecular flexibility index (Phi) is 4.30. The number of amides is 2. The highest BCUT2D eigenvalue weighted by molar-refractivity contribution is 6.03. The minimum Gasteiger partial charge on any atom is -0.458 e. The number of fused-ring (bicyclic) bond motifs is 1. The molecule has 1 aliphatic heterocycles. The van der Waals surface area contributed by atoms with Crippen LogP contribution in [0, 0.1) is 0 Å². The van der Waals surface area contributed by atoms with Crippen LogP contribution >= 0.6 is 0 Å². The average Bonchev–Trinajstić information content (AvgIpc) is 3.01. The summed E-state index contributed by atoms with van der Waals surface area (Å²) in [6.45, 7) is 7.84. The molecule has 0 bridgehead atoms. The molecule has 2 aromatic rings. The number of rotatable bonds is 2. The number of hydrogen-bond acceptors (Lipinski definition) is 5.